The second-order valence-corrected chi connectivity index (χ2v) is 11.3. The predicted molar refractivity (Wildman–Crippen MR) is 141 cm³/mol. The number of halogens is 1. The van der Waals surface area contributed by atoms with Crippen LogP contribution in [0.15, 0.2) is 82.8 Å². The molecular formula is C25H24ClN4O4S2+. The third-order valence-corrected chi connectivity index (χ3v) is 8.87. The van der Waals surface area contributed by atoms with Crippen molar-refractivity contribution in [1.82, 2.24) is 4.98 Å². The Bertz CT molecular complexity index is 1500. The van der Waals surface area contributed by atoms with Crippen molar-refractivity contribution >= 4 is 61.7 Å². The first-order valence-electron chi connectivity index (χ1n) is 11.3. The van der Waals surface area contributed by atoms with Crippen molar-refractivity contribution < 1.29 is 21.9 Å². The van der Waals surface area contributed by atoms with Crippen LogP contribution in [0.3, 0.4) is 0 Å². The Morgan fingerprint density at radius 2 is 1.75 bits per heavy atom. The van der Waals surface area contributed by atoms with Crippen LogP contribution in [-0.2, 0) is 19.6 Å². The summed E-state index contributed by atoms with van der Waals surface area (Å²) in [5.74, 6) is -0.286. The molecule has 3 aromatic carbocycles. The van der Waals surface area contributed by atoms with Crippen LogP contribution in [0.25, 0.3) is 11.0 Å². The molecule has 0 bridgehead atoms. The number of morpholine rings is 1. The minimum atomic E-state index is -3.89. The van der Waals surface area contributed by atoms with Crippen LogP contribution in [0.2, 0.25) is 5.02 Å². The Morgan fingerprint density at radius 3 is 2.53 bits per heavy atom. The van der Waals surface area contributed by atoms with Crippen LogP contribution in [0, 0.1) is 0 Å². The average Bonchev–Trinajstić information content (AvgIpc) is 3.28. The number of aromatic amines is 1. The van der Waals surface area contributed by atoms with Gasteiger partial charge < -0.3 is 15.0 Å². The maximum atomic E-state index is 13.5. The van der Waals surface area contributed by atoms with Crippen LogP contribution in [-0.4, -0.2) is 51.4 Å². The number of ether oxygens (including phenoxy) is 1. The topological polar surface area (TPSA) is 95.4 Å². The quantitative estimate of drug-likeness (QED) is 0.271. The van der Waals surface area contributed by atoms with E-state index in [0.29, 0.717) is 53.2 Å². The van der Waals surface area contributed by atoms with Crippen LogP contribution < -0.4 is 14.2 Å². The number of H-pyrrole nitrogens is 1. The molecule has 0 unspecified atom stereocenters. The summed E-state index contributed by atoms with van der Waals surface area (Å²) < 4.78 is 33.7. The molecular weight excluding hydrogens is 520 g/mol. The minimum Gasteiger partial charge on any atom is -0.378 e. The summed E-state index contributed by atoms with van der Waals surface area (Å²) in [7, 11) is -3.89. The van der Waals surface area contributed by atoms with Gasteiger partial charge in [0.15, 0.2) is 11.0 Å². The number of benzene rings is 3. The average molecular weight is 544 g/mol. The molecule has 5 rings (SSSR count). The summed E-state index contributed by atoms with van der Waals surface area (Å²) in [6.45, 7) is 2.52. The number of hydrogen-bond acceptors (Lipinski definition) is 6. The molecule has 2 N–H and O–H groups in total. The molecule has 0 radical (unpaired) electrons. The molecule has 8 nitrogen and oxygen atoms in total. The fourth-order valence-electron chi connectivity index (χ4n) is 4.11. The number of aromatic nitrogens is 2. The number of nitrogens with zero attached hydrogens (tertiary/aromatic N) is 2. The molecule has 36 heavy (non-hydrogen) atoms. The molecule has 4 aromatic rings. The van der Waals surface area contributed by atoms with Crippen molar-refractivity contribution in [3.8, 4) is 0 Å². The van der Waals surface area contributed by atoms with Gasteiger partial charge in [-0.05, 0) is 48.2 Å². The van der Waals surface area contributed by atoms with Crippen LogP contribution in [0.1, 0.15) is 0 Å². The molecule has 11 heteroatoms. The highest BCUT2D eigenvalue weighted by Crippen LogP contribution is 2.34. The predicted octanol–water partition coefficient (Wildman–Crippen LogP) is 3.91. The molecule has 0 aliphatic carbocycles. The molecule has 1 amide bonds. The first-order valence-corrected chi connectivity index (χ1v) is 14.1. The van der Waals surface area contributed by atoms with E-state index in [0.717, 1.165) is 17.4 Å². The lowest BCUT2D eigenvalue weighted by Gasteiger charge is -2.31. The van der Waals surface area contributed by atoms with Gasteiger partial charge in [0.05, 0.1) is 35.4 Å². The van der Waals surface area contributed by atoms with Crippen LogP contribution in [0.4, 0.5) is 11.4 Å². The number of fused-ring (bicyclic) bond motifs is 1. The van der Waals surface area contributed by atoms with Crippen molar-refractivity contribution in [2.24, 2.45) is 0 Å². The maximum Gasteiger partial charge on any atom is 0.336 e. The maximum absolute atomic E-state index is 13.5. The third-order valence-electron chi connectivity index (χ3n) is 5.76. The monoisotopic (exact) mass is 543 g/mol. The van der Waals surface area contributed by atoms with Crippen molar-refractivity contribution in [1.29, 1.82) is 0 Å². The van der Waals surface area contributed by atoms with E-state index in [1.165, 1.54) is 3.97 Å². The smallest absolute Gasteiger partial charge is 0.336 e. The van der Waals surface area contributed by atoms with E-state index in [1.54, 1.807) is 60.7 Å². The molecule has 1 aliphatic rings. The lowest BCUT2D eigenvalue weighted by molar-refractivity contribution is -0.526. The Kier molecular flexibility index (Phi) is 7.20. The number of thioether (sulfide) groups is 1. The summed E-state index contributed by atoms with van der Waals surface area (Å²) in [6.07, 6.45) is 0. The molecule has 0 saturated carbocycles. The van der Waals surface area contributed by atoms with Gasteiger partial charge in [-0.2, -0.15) is 8.42 Å². The van der Waals surface area contributed by atoms with Gasteiger partial charge in [0.2, 0.25) is 5.91 Å². The van der Waals surface area contributed by atoms with E-state index in [2.05, 4.69) is 15.2 Å². The van der Waals surface area contributed by atoms with E-state index >= 15 is 0 Å². The highest BCUT2D eigenvalue weighted by atomic mass is 35.5. The lowest BCUT2D eigenvalue weighted by Crippen LogP contribution is -2.44. The van der Waals surface area contributed by atoms with Gasteiger partial charge in [-0.25, -0.2) is 4.98 Å². The van der Waals surface area contributed by atoms with E-state index < -0.39 is 10.0 Å². The van der Waals surface area contributed by atoms with Crippen molar-refractivity contribution in [3.63, 3.8) is 0 Å². The number of rotatable bonds is 7. The molecule has 186 valence electrons. The van der Waals surface area contributed by atoms with Crippen LogP contribution in [0.5, 0.6) is 0 Å². The highest BCUT2D eigenvalue weighted by Gasteiger charge is 2.32. The van der Waals surface area contributed by atoms with Gasteiger partial charge in [-0.15, -0.1) is 3.97 Å². The second kappa shape index (κ2) is 10.5. The molecule has 1 saturated heterocycles. The lowest BCUT2D eigenvalue weighted by atomic mass is 10.2. The summed E-state index contributed by atoms with van der Waals surface area (Å²) >= 11 is 7.60. The molecule has 0 atom stereocenters. The van der Waals surface area contributed by atoms with Crippen molar-refractivity contribution in [3.05, 3.63) is 77.8 Å². The zero-order valence-corrected chi connectivity index (χ0v) is 21.6. The van der Waals surface area contributed by atoms with Gasteiger partial charge in [-0.1, -0.05) is 48.0 Å². The summed E-state index contributed by atoms with van der Waals surface area (Å²) in [4.78, 5) is 18.4. The fraction of sp³-hybridized carbons (Fsp3) is 0.200. The van der Waals surface area contributed by atoms with E-state index in [1.807, 2.05) is 12.1 Å². The van der Waals surface area contributed by atoms with E-state index in [4.69, 9.17) is 16.3 Å². The Morgan fingerprint density at radius 1 is 1.03 bits per heavy atom. The Balaban J connectivity index is 1.40. The largest absolute Gasteiger partial charge is 0.378 e. The molecule has 1 aliphatic heterocycles. The van der Waals surface area contributed by atoms with Crippen molar-refractivity contribution in [2.45, 2.75) is 10.1 Å². The van der Waals surface area contributed by atoms with Gasteiger partial charge in [-0.3, -0.25) is 4.79 Å². The summed E-state index contributed by atoms with van der Waals surface area (Å²) in [5, 5.41) is 3.83. The normalized spacial score (nSPS) is 14.2. The SMILES string of the molecule is O=C(CSc1[nH]c2ccccc2[n+]1S(=O)(=O)c1ccccc1)Nc1cccc(Cl)c1N1CCOCC1. The number of carbonyl (C=O) groups is 1. The van der Waals surface area contributed by atoms with E-state index in [9.17, 15) is 13.2 Å². The zero-order valence-electron chi connectivity index (χ0n) is 19.2. The van der Waals surface area contributed by atoms with Crippen LogP contribution >= 0.6 is 23.4 Å². The second-order valence-electron chi connectivity index (χ2n) is 8.10. The summed E-state index contributed by atoms with van der Waals surface area (Å²) in [5.41, 5.74) is 2.53. The number of amides is 1. The molecule has 0 spiro atoms. The Labute approximate surface area is 218 Å². The summed E-state index contributed by atoms with van der Waals surface area (Å²) in [6, 6.07) is 20.8. The first kappa shape index (κ1) is 24.6. The zero-order chi connectivity index (χ0) is 25.1. The van der Waals surface area contributed by atoms with E-state index in [-0.39, 0.29) is 16.6 Å². The third kappa shape index (κ3) is 4.94. The molecule has 1 fully saturated rings. The number of para-hydroxylation sites is 3. The number of imidazole rings is 1. The molecule has 1 aromatic heterocycles. The fourth-order valence-corrected chi connectivity index (χ4v) is 6.99. The van der Waals surface area contributed by atoms with Gasteiger partial charge in [0.25, 0.3) is 0 Å². The van der Waals surface area contributed by atoms with Crippen molar-refractivity contribution in [2.75, 3.05) is 42.3 Å². The number of hydrogen-bond donors (Lipinski definition) is 2. The minimum absolute atomic E-state index is 0.00774. The highest BCUT2D eigenvalue weighted by molar-refractivity contribution is 8.00. The molecule has 2 heterocycles. The van der Waals surface area contributed by atoms with Gasteiger partial charge in [0, 0.05) is 13.1 Å². The number of anilines is 2. The first-order chi connectivity index (χ1) is 17.4. The standard InChI is InChI=1S/C25H23ClN4O4S2/c26-19-9-6-11-21(24(19)29-13-15-34-16-14-29)27-23(31)17-35-25-28-20-10-4-5-12-22(20)30(25)36(32,33)18-7-2-1-3-8-18/h1-12H,13-17H2,(H,27,31)/p+1. The van der Waals surface area contributed by atoms with Gasteiger partial charge in [0.1, 0.15) is 4.90 Å². The number of nitrogens with one attached hydrogen (secondary N) is 2. The van der Waals surface area contributed by atoms with Gasteiger partial charge >= 0.3 is 15.2 Å². The Hall–Kier alpha value is -3.05. The number of carbonyl (C=O) groups excluding carboxylic acids is 1.